The summed E-state index contributed by atoms with van der Waals surface area (Å²) < 4.78 is 6.46. The van der Waals surface area contributed by atoms with E-state index in [-0.39, 0.29) is 11.7 Å². The normalized spacial score (nSPS) is 11.7. The molecule has 0 spiro atoms. The molecule has 0 radical (unpaired) electrons. The van der Waals surface area contributed by atoms with E-state index in [1.54, 1.807) is 72.4 Å². The second kappa shape index (κ2) is 13.6. The van der Waals surface area contributed by atoms with Crippen molar-refractivity contribution in [2.45, 2.75) is 30.3 Å². The van der Waals surface area contributed by atoms with Crippen molar-refractivity contribution in [1.82, 2.24) is 0 Å². The minimum absolute atomic E-state index is 0.0377. The lowest BCUT2D eigenvalue weighted by Gasteiger charge is -2.20. The van der Waals surface area contributed by atoms with Crippen molar-refractivity contribution >= 4 is 56.8 Å². The van der Waals surface area contributed by atoms with Crippen LogP contribution in [0.1, 0.15) is 30.9 Å². The van der Waals surface area contributed by atoms with E-state index in [0.29, 0.717) is 41.9 Å². The quantitative estimate of drug-likeness (QED) is 0.0894. The van der Waals surface area contributed by atoms with Crippen LogP contribution in [-0.2, 0) is 9.53 Å². The number of carbonyl (C=O) groups is 2. The monoisotopic (exact) mass is 569 g/mol. The summed E-state index contributed by atoms with van der Waals surface area (Å²) in [6, 6.07) is 19.5. The molecule has 5 N–H and O–H groups in total. The molecule has 0 fully saturated rings. The maximum atomic E-state index is 12.6. The molecule has 36 heavy (non-hydrogen) atoms. The first kappa shape index (κ1) is 27.2. The van der Waals surface area contributed by atoms with Gasteiger partial charge in [0.2, 0.25) is 5.91 Å². The Morgan fingerprint density at radius 3 is 2.58 bits per heavy atom. The number of thioether (sulfide) groups is 1. The highest BCUT2D eigenvalue weighted by atomic mass is 79.9. The fraction of sp³-hybridized carbons (Fsp3) is 0.185. The largest absolute Gasteiger partial charge is 0.508 e. The predicted molar refractivity (Wildman–Crippen MR) is 149 cm³/mol. The number of nitrogens with two attached hydrogens (primary N) is 1. The molecule has 0 unspecified atom stereocenters. The highest BCUT2D eigenvalue weighted by molar-refractivity contribution is 9.10. The summed E-state index contributed by atoms with van der Waals surface area (Å²) in [5.74, 6) is -0.243. The van der Waals surface area contributed by atoms with Crippen molar-refractivity contribution in [1.29, 1.82) is 0 Å². The molecule has 0 aliphatic carbocycles. The zero-order valence-corrected chi connectivity index (χ0v) is 22.1. The number of hydrogen-bond donors (Lipinski definition) is 4. The number of halogens is 1. The van der Waals surface area contributed by atoms with E-state index < -0.39 is 12.2 Å². The van der Waals surface area contributed by atoms with Crippen LogP contribution < -0.4 is 16.4 Å². The van der Waals surface area contributed by atoms with E-state index in [1.807, 2.05) is 18.4 Å². The van der Waals surface area contributed by atoms with Gasteiger partial charge in [0.05, 0.1) is 11.4 Å². The molecule has 3 rings (SSSR count). The minimum Gasteiger partial charge on any atom is -0.508 e. The van der Waals surface area contributed by atoms with Gasteiger partial charge in [-0.15, -0.1) is 11.8 Å². The number of amides is 2. The van der Waals surface area contributed by atoms with Crippen LogP contribution in [0.4, 0.5) is 21.9 Å². The molecule has 0 aliphatic rings. The van der Waals surface area contributed by atoms with Gasteiger partial charge in [0.25, 0.3) is 0 Å². The number of phenols is 1. The minimum atomic E-state index is -0.681. The van der Waals surface area contributed by atoms with E-state index >= 15 is 0 Å². The first-order chi connectivity index (χ1) is 17.4. The van der Waals surface area contributed by atoms with Crippen LogP contribution >= 0.6 is 27.7 Å². The molecular weight excluding hydrogens is 542 g/mol. The standard InChI is InChI=1S/C27H28BrN3O4S/c1-36-20-14-12-19(13-15-20)30-27(34)35-25(21-17-18(28)11-16-24(21)32)9-3-2-4-10-26(33)31-23-8-6-5-7-22(23)29/h4-8,10-17,25,32H,2-3,9,29H2,1H3,(H,30,34)(H,31,33)/b10-4+/t25-/m1/s1. The third kappa shape index (κ3) is 8.35. The molecule has 3 aromatic carbocycles. The average Bonchev–Trinajstić information content (AvgIpc) is 2.86. The van der Waals surface area contributed by atoms with E-state index in [9.17, 15) is 14.7 Å². The Morgan fingerprint density at radius 1 is 1.11 bits per heavy atom. The average molecular weight is 571 g/mol. The van der Waals surface area contributed by atoms with E-state index in [2.05, 4.69) is 26.6 Å². The number of para-hydroxylation sites is 2. The number of anilines is 3. The lowest BCUT2D eigenvalue weighted by atomic mass is 10.0. The number of aromatic hydroxyl groups is 1. The molecule has 2 amide bonds. The zero-order valence-electron chi connectivity index (χ0n) is 19.7. The number of unbranched alkanes of at least 4 members (excludes halogenated alkanes) is 1. The molecule has 0 aliphatic heterocycles. The number of rotatable bonds is 10. The first-order valence-electron chi connectivity index (χ1n) is 11.3. The van der Waals surface area contributed by atoms with Crippen LogP contribution in [0.15, 0.2) is 88.3 Å². The maximum Gasteiger partial charge on any atom is 0.412 e. The smallest absolute Gasteiger partial charge is 0.412 e. The second-order valence-corrected chi connectivity index (χ2v) is 9.66. The van der Waals surface area contributed by atoms with Crippen molar-refractivity contribution in [2.75, 3.05) is 22.6 Å². The fourth-order valence-electron chi connectivity index (χ4n) is 3.41. The third-order valence-electron chi connectivity index (χ3n) is 5.25. The number of ether oxygens (including phenoxy) is 1. The topological polar surface area (TPSA) is 114 Å². The number of phenolic OH excluding ortho intramolecular Hbond substituents is 1. The van der Waals surface area contributed by atoms with Gasteiger partial charge >= 0.3 is 6.09 Å². The molecule has 9 heteroatoms. The van der Waals surface area contributed by atoms with Crippen LogP contribution in [0.5, 0.6) is 5.75 Å². The number of hydrogen-bond acceptors (Lipinski definition) is 6. The summed E-state index contributed by atoms with van der Waals surface area (Å²) in [6.07, 6.45) is 5.51. The Bertz CT molecular complexity index is 1220. The summed E-state index contributed by atoms with van der Waals surface area (Å²) in [7, 11) is 0. The van der Waals surface area contributed by atoms with E-state index in [4.69, 9.17) is 10.5 Å². The van der Waals surface area contributed by atoms with Crippen molar-refractivity contribution in [3.05, 3.63) is 88.9 Å². The summed E-state index contributed by atoms with van der Waals surface area (Å²) >= 11 is 5.02. The Hall–Kier alpha value is -3.43. The summed E-state index contributed by atoms with van der Waals surface area (Å²) in [6.45, 7) is 0. The second-order valence-electron chi connectivity index (χ2n) is 7.86. The van der Waals surface area contributed by atoms with Gasteiger partial charge in [-0.05, 0) is 86.2 Å². The lowest BCUT2D eigenvalue weighted by Crippen LogP contribution is -2.18. The maximum absolute atomic E-state index is 12.6. The third-order valence-corrected chi connectivity index (χ3v) is 6.48. The summed E-state index contributed by atoms with van der Waals surface area (Å²) in [5.41, 5.74) is 8.01. The van der Waals surface area contributed by atoms with Crippen molar-refractivity contribution in [3.8, 4) is 5.75 Å². The Labute approximate surface area is 223 Å². The highest BCUT2D eigenvalue weighted by Gasteiger charge is 2.20. The van der Waals surface area contributed by atoms with Crippen molar-refractivity contribution in [3.63, 3.8) is 0 Å². The van der Waals surface area contributed by atoms with Gasteiger partial charge in [-0.25, -0.2) is 4.79 Å². The van der Waals surface area contributed by atoms with Crippen LogP contribution in [0.25, 0.3) is 0 Å². The molecule has 1 atom stereocenters. The lowest BCUT2D eigenvalue weighted by molar-refractivity contribution is -0.111. The molecule has 0 bridgehead atoms. The van der Waals surface area contributed by atoms with Gasteiger partial charge in [0.1, 0.15) is 11.9 Å². The predicted octanol–water partition coefficient (Wildman–Crippen LogP) is 7.11. The number of carbonyl (C=O) groups excluding carboxylic acids is 2. The van der Waals surface area contributed by atoms with E-state index in [1.165, 1.54) is 6.08 Å². The number of nitrogen functional groups attached to an aromatic ring is 1. The van der Waals surface area contributed by atoms with Gasteiger partial charge in [0.15, 0.2) is 0 Å². The summed E-state index contributed by atoms with van der Waals surface area (Å²) in [5, 5.41) is 15.9. The number of allylic oxidation sites excluding steroid dienone is 1. The zero-order chi connectivity index (χ0) is 25.9. The van der Waals surface area contributed by atoms with Crippen molar-refractivity contribution < 1.29 is 19.4 Å². The summed E-state index contributed by atoms with van der Waals surface area (Å²) in [4.78, 5) is 25.9. The van der Waals surface area contributed by atoms with Gasteiger partial charge in [0, 0.05) is 20.6 Å². The number of benzene rings is 3. The molecule has 7 nitrogen and oxygen atoms in total. The first-order valence-corrected chi connectivity index (χ1v) is 13.3. The Kier molecular flexibility index (Phi) is 10.3. The molecular formula is C27H28BrN3O4S. The van der Waals surface area contributed by atoms with Gasteiger partial charge in [-0.2, -0.15) is 0 Å². The fourth-order valence-corrected chi connectivity index (χ4v) is 4.20. The van der Waals surface area contributed by atoms with Gasteiger partial charge in [-0.3, -0.25) is 10.1 Å². The molecule has 0 saturated heterocycles. The SMILES string of the molecule is CSc1ccc(NC(=O)O[C@H](CCC/C=C/C(=O)Nc2ccccc2N)c2cc(Br)ccc2O)cc1. The van der Waals surface area contributed by atoms with Crippen molar-refractivity contribution in [2.24, 2.45) is 0 Å². The highest BCUT2D eigenvalue weighted by Crippen LogP contribution is 2.33. The van der Waals surface area contributed by atoms with Crippen LogP contribution in [0, 0.1) is 0 Å². The van der Waals surface area contributed by atoms with Crippen LogP contribution in [0.2, 0.25) is 0 Å². The molecule has 0 heterocycles. The number of nitrogens with one attached hydrogen (secondary N) is 2. The Balaban J connectivity index is 1.59. The van der Waals surface area contributed by atoms with Gasteiger partial charge in [-0.1, -0.05) is 34.1 Å². The van der Waals surface area contributed by atoms with E-state index in [0.717, 1.165) is 9.37 Å². The molecule has 0 saturated carbocycles. The Morgan fingerprint density at radius 2 is 1.86 bits per heavy atom. The van der Waals surface area contributed by atoms with Crippen LogP contribution in [-0.4, -0.2) is 23.4 Å². The van der Waals surface area contributed by atoms with Crippen LogP contribution in [0.3, 0.4) is 0 Å². The molecule has 188 valence electrons. The van der Waals surface area contributed by atoms with Gasteiger partial charge < -0.3 is 20.9 Å². The molecule has 0 aromatic heterocycles. The molecule has 3 aromatic rings.